The van der Waals surface area contributed by atoms with E-state index in [1.807, 2.05) is 19.2 Å². The Hall–Kier alpha value is -1.58. The minimum atomic E-state index is 0.593. The predicted octanol–water partition coefficient (Wildman–Crippen LogP) is 2.85. The molecule has 2 heterocycles. The Morgan fingerprint density at radius 3 is 2.78 bits per heavy atom. The maximum absolute atomic E-state index is 5.27. The predicted molar refractivity (Wildman–Crippen MR) is 70.6 cm³/mol. The topological polar surface area (TPSA) is 39.9 Å². The van der Waals surface area contributed by atoms with E-state index in [0.29, 0.717) is 5.92 Å². The van der Waals surface area contributed by atoms with Gasteiger partial charge in [0.1, 0.15) is 12.6 Å². The summed E-state index contributed by atoms with van der Waals surface area (Å²) in [4.78, 5) is 11.5. The number of rotatable bonds is 2. The van der Waals surface area contributed by atoms with Crippen LogP contribution in [0.3, 0.4) is 0 Å². The first kappa shape index (κ1) is 11.5. The van der Waals surface area contributed by atoms with Gasteiger partial charge in [0.15, 0.2) is 0 Å². The first-order chi connectivity index (χ1) is 8.81. The average Bonchev–Trinajstić information content (AvgIpc) is 2.77. The average molecular weight is 245 g/mol. The third-order valence-electron chi connectivity index (χ3n) is 3.93. The molecule has 0 spiro atoms. The van der Waals surface area contributed by atoms with Crippen molar-refractivity contribution in [2.45, 2.75) is 44.9 Å². The number of hydrogen-bond donors (Lipinski definition) is 0. The molecule has 0 aliphatic heterocycles. The number of nitrogens with zero attached hydrogens (tertiary/aromatic N) is 3. The quantitative estimate of drug-likeness (QED) is 0.816. The molecule has 1 saturated carbocycles. The molecule has 3 rings (SSSR count). The molecule has 1 aliphatic rings. The normalized spacial score (nSPS) is 17.2. The second-order valence-electron chi connectivity index (χ2n) is 5.07. The molecule has 0 N–H and O–H groups in total. The summed E-state index contributed by atoms with van der Waals surface area (Å²) in [7, 11) is 1.65. The van der Waals surface area contributed by atoms with Crippen LogP contribution in [0.5, 0.6) is 0 Å². The molecule has 0 amide bonds. The Morgan fingerprint density at radius 1 is 1.28 bits per heavy atom. The first-order valence-corrected chi connectivity index (χ1v) is 6.70. The van der Waals surface area contributed by atoms with Crippen LogP contribution in [0.4, 0.5) is 0 Å². The van der Waals surface area contributed by atoms with E-state index in [9.17, 15) is 0 Å². The van der Waals surface area contributed by atoms with Crippen molar-refractivity contribution < 1.29 is 4.84 Å². The van der Waals surface area contributed by atoms with Crippen molar-refractivity contribution in [2.75, 3.05) is 7.11 Å². The van der Waals surface area contributed by atoms with E-state index in [-0.39, 0.29) is 0 Å². The number of hydrogen-bond acceptors (Lipinski definition) is 3. The van der Waals surface area contributed by atoms with E-state index in [1.54, 1.807) is 12.0 Å². The number of fused-ring (bicyclic) bond motifs is 1. The van der Waals surface area contributed by atoms with Crippen LogP contribution in [0.25, 0.3) is 10.9 Å². The van der Waals surface area contributed by atoms with Gasteiger partial charge in [-0.25, -0.2) is 0 Å². The van der Waals surface area contributed by atoms with Gasteiger partial charge in [0, 0.05) is 17.5 Å². The fraction of sp³-hybridized carbons (Fsp3) is 0.571. The Morgan fingerprint density at radius 2 is 2.06 bits per heavy atom. The maximum atomic E-state index is 5.27. The minimum Gasteiger partial charge on any atom is -0.399 e. The monoisotopic (exact) mass is 245 g/mol. The summed E-state index contributed by atoms with van der Waals surface area (Å²) in [6.07, 6.45) is 8.39. The van der Waals surface area contributed by atoms with Crippen LogP contribution in [0.15, 0.2) is 12.3 Å². The van der Waals surface area contributed by atoms with E-state index in [2.05, 4.69) is 10.1 Å². The van der Waals surface area contributed by atoms with E-state index in [1.165, 1.54) is 43.2 Å². The maximum Gasteiger partial charge on any atom is 0.114 e. The molecule has 0 saturated heterocycles. The molecule has 0 aromatic carbocycles. The van der Waals surface area contributed by atoms with Crippen molar-refractivity contribution in [1.82, 2.24) is 14.9 Å². The Bertz CT molecular complexity index is 555. The summed E-state index contributed by atoms with van der Waals surface area (Å²) in [5.41, 5.74) is 3.26. The lowest BCUT2D eigenvalue weighted by Crippen LogP contribution is -2.08. The van der Waals surface area contributed by atoms with Crippen LogP contribution in [-0.4, -0.2) is 22.0 Å². The van der Waals surface area contributed by atoms with Crippen LogP contribution in [0.1, 0.15) is 49.4 Å². The van der Waals surface area contributed by atoms with Gasteiger partial charge in [0.25, 0.3) is 0 Å². The molecule has 0 atom stereocenters. The smallest absolute Gasteiger partial charge is 0.114 e. The summed E-state index contributed by atoms with van der Waals surface area (Å²) in [5, 5.41) is 5.60. The Labute approximate surface area is 107 Å². The highest BCUT2D eigenvalue weighted by Crippen LogP contribution is 2.35. The van der Waals surface area contributed by atoms with Crippen LogP contribution in [0, 0.1) is 6.92 Å². The SMILES string of the molecule is COn1nc(C)c2c(C3CCCCC3)nccc21. The van der Waals surface area contributed by atoms with Crippen LogP contribution < -0.4 is 4.84 Å². The van der Waals surface area contributed by atoms with E-state index in [4.69, 9.17) is 4.84 Å². The molecule has 0 unspecified atom stereocenters. The van der Waals surface area contributed by atoms with Gasteiger partial charge in [-0.2, -0.15) is 0 Å². The zero-order valence-corrected chi connectivity index (χ0v) is 11.0. The van der Waals surface area contributed by atoms with Crippen LogP contribution in [0.2, 0.25) is 0 Å². The molecular formula is C14H19N3O. The molecule has 0 bridgehead atoms. The summed E-state index contributed by atoms with van der Waals surface area (Å²) in [5.74, 6) is 0.593. The number of pyridine rings is 1. The van der Waals surface area contributed by atoms with Gasteiger partial charge >= 0.3 is 0 Å². The second-order valence-corrected chi connectivity index (χ2v) is 5.07. The van der Waals surface area contributed by atoms with Gasteiger partial charge in [-0.15, -0.1) is 5.10 Å². The Kier molecular flexibility index (Phi) is 2.94. The second kappa shape index (κ2) is 4.59. The molecule has 4 heteroatoms. The summed E-state index contributed by atoms with van der Waals surface area (Å²) in [6, 6.07) is 1.98. The van der Waals surface area contributed by atoms with Gasteiger partial charge in [-0.3, -0.25) is 4.98 Å². The van der Waals surface area contributed by atoms with Crippen molar-refractivity contribution in [2.24, 2.45) is 0 Å². The van der Waals surface area contributed by atoms with Crippen molar-refractivity contribution in [3.63, 3.8) is 0 Å². The van der Waals surface area contributed by atoms with Crippen molar-refractivity contribution in [1.29, 1.82) is 0 Å². The molecular weight excluding hydrogens is 226 g/mol. The van der Waals surface area contributed by atoms with E-state index < -0.39 is 0 Å². The molecule has 2 aromatic rings. The van der Waals surface area contributed by atoms with Crippen LogP contribution >= 0.6 is 0 Å². The zero-order valence-electron chi connectivity index (χ0n) is 11.0. The van der Waals surface area contributed by atoms with E-state index >= 15 is 0 Å². The molecule has 4 nitrogen and oxygen atoms in total. The molecule has 1 fully saturated rings. The third-order valence-corrected chi connectivity index (χ3v) is 3.93. The fourth-order valence-electron chi connectivity index (χ4n) is 3.06. The zero-order chi connectivity index (χ0) is 12.5. The van der Waals surface area contributed by atoms with Gasteiger partial charge in [0.05, 0.1) is 11.4 Å². The fourth-order valence-corrected chi connectivity index (χ4v) is 3.06. The first-order valence-electron chi connectivity index (χ1n) is 6.70. The van der Waals surface area contributed by atoms with Gasteiger partial charge < -0.3 is 4.84 Å². The van der Waals surface area contributed by atoms with Gasteiger partial charge in [-0.05, 0) is 25.8 Å². The molecule has 1 aliphatic carbocycles. The van der Waals surface area contributed by atoms with Crippen molar-refractivity contribution in [3.8, 4) is 0 Å². The summed E-state index contributed by atoms with van der Waals surface area (Å²) in [6.45, 7) is 2.03. The molecule has 0 radical (unpaired) electrons. The molecule has 2 aromatic heterocycles. The standard InChI is InChI=1S/C14H19N3O/c1-10-13-12(17(16-10)18-2)8-9-15-14(13)11-6-4-3-5-7-11/h8-9,11H,3-7H2,1-2H3. The minimum absolute atomic E-state index is 0.593. The lowest BCUT2D eigenvalue weighted by molar-refractivity contribution is 0.144. The van der Waals surface area contributed by atoms with Crippen molar-refractivity contribution >= 4 is 10.9 Å². The summed E-state index contributed by atoms with van der Waals surface area (Å²) >= 11 is 0. The highest BCUT2D eigenvalue weighted by molar-refractivity contribution is 5.84. The molecule has 18 heavy (non-hydrogen) atoms. The van der Waals surface area contributed by atoms with Gasteiger partial charge in [0.2, 0.25) is 0 Å². The van der Waals surface area contributed by atoms with Crippen LogP contribution in [-0.2, 0) is 0 Å². The van der Waals surface area contributed by atoms with Crippen molar-refractivity contribution in [3.05, 3.63) is 23.7 Å². The lowest BCUT2D eigenvalue weighted by Gasteiger charge is -2.21. The third kappa shape index (κ3) is 1.76. The highest BCUT2D eigenvalue weighted by atomic mass is 16.7. The highest BCUT2D eigenvalue weighted by Gasteiger charge is 2.22. The number of aryl methyl sites for hydroxylation is 1. The largest absolute Gasteiger partial charge is 0.399 e. The Balaban J connectivity index is 2.13. The van der Waals surface area contributed by atoms with Gasteiger partial charge in [-0.1, -0.05) is 24.1 Å². The lowest BCUT2D eigenvalue weighted by atomic mass is 9.85. The summed E-state index contributed by atoms with van der Waals surface area (Å²) < 4.78 is 0. The number of aromatic nitrogens is 3. The van der Waals surface area contributed by atoms with E-state index in [0.717, 1.165) is 11.2 Å². The molecule has 96 valence electrons.